The molecule has 1 aromatic carbocycles. The fourth-order valence-electron chi connectivity index (χ4n) is 3.83. The molecule has 2 N–H and O–H groups in total. The van der Waals surface area contributed by atoms with E-state index in [-0.39, 0.29) is 34.8 Å². The Morgan fingerprint density at radius 3 is 2.59 bits per heavy atom. The Morgan fingerprint density at radius 2 is 1.94 bits per heavy atom. The molecule has 3 heterocycles. The van der Waals surface area contributed by atoms with Crippen LogP contribution in [0.3, 0.4) is 0 Å². The average Bonchev–Trinajstić information content (AvgIpc) is 3.46. The lowest BCUT2D eigenvalue weighted by atomic mass is 10.0. The second kappa shape index (κ2) is 7.56. The standard InChI is InChI=1S/C21H17ClF3N5O2/c22-16-6-17-12(14-8-32-9-15(14)19(26)27-17)5-13(16)20(31)30(11-2-3-11)7-10-1-4-18(29-28-10)21(23,24)25/h1,4-6,11H,2-3,7-9H2,(H2,26,27). The molecule has 0 bridgehead atoms. The number of amides is 1. The normalized spacial score (nSPS) is 15.8. The summed E-state index contributed by atoms with van der Waals surface area (Å²) in [5, 5.41) is 7.87. The third-order valence-electron chi connectivity index (χ3n) is 5.64. The molecular formula is C21H17ClF3N5O2. The number of anilines is 1. The number of fused-ring (bicyclic) bond motifs is 3. The fourth-order valence-corrected chi connectivity index (χ4v) is 4.07. The molecule has 5 rings (SSSR count). The molecule has 0 spiro atoms. The molecule has 32 heavy (non-hydrogen) atoms. The molecule has 1 aliphatic carbocycles. The van der Waals surface area contributed by atoms with Gasteiger partial charge in [-0.2, -0.15) is 18.3 Å². The lowest BCUT2D eigenvalue weighted by molar-refractivity contribution is -0.141. The van der Waals surface area contributed by atoms with Gasteiger partial charge in [0.15, 0.2) is 5.69 Å². The molecule has 1 amide bonds. The number of hydrogen-bond acceptors (Lipinski definition) is 6. The second-order valence-corrected chi connectivity index (χ2v) is 8.28. The largest absolute Gasteiger partial charge is 0.435 e. The first-order valence-corrected chi connectivity index (χ1v) is 10.3. The molecule has 11 heteroatoms. The van der Waals surface area contributed by atoms with Crippen molar-refractivity contribution >= 4 is 34.2 Å². The zero-order chi connectivity index (χ0) is 22.6. The number of alkyl halides is 3. The quantitative estimate of drug-likeness (QED) is 0.625. The molecule has 0 atom stereocenters. The topological polar surface area (TPSA) is 94.2 Å². The number of pyridine rings is 1. The van der Waals surface area contributed by atoms with Crippen molar-refractivity contribution in [3.63, 3.8) is 0 Å². The first kappa shape index (κ1) is 20.9. The zero-order valence-corrected chi connectivity index (χ0v) is 17.4. The third-order valence-corrected chi connectivity index (χ3v) is 5.95. The molecule has 0 unspecified atom stereocenters. The Morgan fingerprint density at radius 1 is 1.19 bits per heavy atom. The summed E-state index contributed by atoms with van der Waals surface area (Å²) in [6.07, 6.45) is -2.98. The van der Waals surface area contributed by atoms with Gasteiger partial charge >= 0.3 is 6.18 Å². The molecule has 0 saturated heterocycles. The van der Waals surface area contributed by atoms with Gasteiger partial charge in [-0.1, -0.05) is 11.6 Å². The van der Waals surface area contributed by atoms with Crippen molar-refractivity contribution in [2.75, 3.05) is 5.73 Å². The van der Waals surface area contributed by atoms with Crippen molar-refractivity contribution in [2.24, 2.45) is 0 Å². The highest BCUT2D eigenvalue weighted by atomic mass is 35.5. The molecule has 1 saturated carbocycles. The van der Waals surface area contributed by atoms with Crippen molar-refractivity contribution in [1.29, 1.82) is 0 Å². The Labute approximate surface area is 185 Å². The van der Waals surface area contributed by atoms with Gasteiger partial charge in [-0.25, -0.2) is 4.98 Å². The maximum atomic E-state index is 13.4. The van der Waals surface area contributed by atoms with Crippen molar-refractivity contribution in [1.82, 2.24) is 20.1 Å². The highest BCUT2D eigenvalue weighted by Crippen LogP contribution is 2.36. The smallest absolute Gasteiger partial charge is 0.383 e. The number of carbonyl (C=O) groups is 1. The Kier molecular flexibility index (Phi) is 4.94. The second-order valence-electron chi connectivity index (χ2n) is 7.87. The van der Waals surface area contributed by atoms with Crippen molar-refractivity contribution in [3.8, 4) is 0 Å². The minimum Gasteiger partial charge on any atom is -0.383 e. The molecule has 166 valence electrons. The van der Waals surface area contributed by atoms with E-state index in [0.29, 0.717) is 24.5 Å². The predicted octanol–water partition coefficient (Wildman–Crippen LogP) is 4.11. The third kappa shape index (κ3) is 3.73. The molecular weight excluding hydrogens is 447 g/mol. The van der Waals surface area contributed by atoms with Gasteiger partial charge in [0.25, 0.3) is 5.91 Å². The molecule has 7 nitrogen and oxygen atoms in total. The molecule has 0 radical (unpaired) electrons. The summed E-state index contributed by atoms with van der Waals surface area (Å²) in [5.74, 6) is 0.0474. The summed E-state index contributed by atoms with van der Waals surface area (Å²) in [4.78, 5) is 19.4. The van der Waals surface area contributed by atoms with E-state index in [9.17, 15) is 18.0 Å². The van der Waals surface area contributed by atoms with E-state index >= 15 is 0 Å². The van der Waals surface area contributed by atoms with Crippen LogP contribution in [-0.4, -0.2) is 32.0 Å². The lowest BCUT2D eigenvalue weighted by Gasteiger charge is -2.23. The first-order chi connectivity index (χ1) is 15.2. The highest BCUT2D eigenvalue weighted by molar-refractivity contribution is 6.34. The van der Waals surface area contributed by atoms with E-state index in [1.165, 1.54) is 6.07 Å². The van der Waals surface area contributed by atoms with E-state index in [4.69, 9.17) is 22.1 Å². The zero-order valence-electron chi connectivity index (χ0n) is 16.6. The van der Waals surface area contributed by atoms with Gasteiger partial charge in [0, 0.05) is 17.0 Å². The van der Waals surface area contributed by atoms with E-state index in [0.717, 1.165) is 35.4 Å². The van der Waals surface area contributed by atoms with Crippen LogP contribution in [0, 0.1) is 0 Å². The average molecular weight is 464 g/mol. The molecule has 2 aromatic heterocycles. The first-order valence-electron chi connectivity index (χ1n) is 9.91. The molecule has 1 fully saturated rings. The van der Waals surface area contributed by atoms with Gasteiger partial charge in [0.1, 0.15) is 5.82 Å². The summed E-state index contributed by atoms with van der Waals surface area (Å²) >= 11 is 6.43. The summed E-state index contributed by atoms with van der Waals surface area (Å²) in [6.45, 7) is 0.752. The van der Waals surface area contributed by atoms with E-state index in [2.05, 4.69) is 15.2 Å². The van der Waals surface area contributed by atoms with Crippen LogP contribution < -0.4 is 5.73 Å². The number of rotatable bonds is 4. The fraction of sp³-hybridized carbons (Fsp3) is 0.333. The lowest BCUT2D eigenvalue weighted by Crippen LogP contribution is -2.33. The number of benzene rings is 1. The van der Waals surface area contributed by atoms with E-state index in [1.807, 2.05) is 0 Å². The summed E-state index contributed by atoms with van der Waals surface area (Å²) < 4.78 is 43.8. The van der Waals surface area contributed by atoms with Crippen molar-refractivity contribution in [2.45, 2.75) is 44.8 Å². The Balaban J connectivity index is 1.48. The van der Waals surface area contributed by atoms with Gasteiger partial charge in [0.2, 0.25) is 0 Å². The van der Waals surface area contributed by atoms with Crippen LogP contribution in [0.1, 0.15) is 45.7 Å². The van der Waals surface area contributed by atoms with Crippen molar-refractivity contribution in [3.05, 3.63) is 57.4 Å². The van der Waals surface area contributed by atoms with Crippen molar-refractivity contribution < 1.29 is 22.7 Å². The summed E-state index contributed by atoms with van der Waals surface area (Å²) in [5.41, 5.74) is 7.73. The van der Waals surface area contributed by atoms with Gasteiger partial charge in [-0.3, -0.25) is 4.79 Å². The van der Waals surface area contributed by atoms with Crippen LogP contribution in [0.25, 0.3) is 10.9 Å². The summed E-state index contributed by atoms with van der Waals surface area (Å²) in [7, 11) is 0. The number of ether oxygens (including phenoxy) is 1. The summed E-state index contributed by atoms with van der Waals surface area (Å²) in [6, 6.07) is 5.35. The number of hydrogen-bond donors (Lipinski definition) is 1. The number of nitrogens with zero attached hydrogens (tertiary/aromatic N) is 4. The SMILES string of the molecule is Nc1nc2cc(Cl)c(C(=O)N(Cc3ccc(C(F)(F)F)nn3)C3CC3)cc2c2c1COC2. The van der Waals surface area contributed by atoms with E-state index < -0.39 is 11.9 Å². The minimum absolute atomic E-state index is 0.0306. The monoisotopic (exact) mass is 463 g/mol. The maximum Gasteiger partial charge on any atom is 0.435 e. The van der Waals surface area contributed by atoms with Crippen LogP contribution in [0.2, 0.25) is 5.02 Å². The Bertz CT molecular complexity index is 1230. The maximum absolute atomic E-state index is 13.4. The highest BCUT2D eigenvalue weighted by Gasteiger charge is 2.36. The number of aromatic nitrogens is 3. The van der Waals surface area contributed by atoms with Crippen LogP contribution in [-0.2, 0) is 30.7 Å². The van der Waals surface area contributed by atoms with Gasteiger partial charge in [-0.15, -0.1) is 5.10 Å². The number of halogens is 4. The van der Waals surface area contributed by atoms with Crippen LogP contribution >= 0.6 is 11.6 Å². The van der Waals surface area contributed by atoms with E-state index in [1.54, 1.807) is 17.0 Å². The molecule has 2 aliphatic rings. The number of carbonyl (C=O) groups excluding carboxylic acids is 1. The van der Waals surface area contributed by atoms with Crippen LogP contribution in [0.5, 0.6) is 0 Å². The minimum atomic E-state index is -4.57. The Hall–Kier alpha value is -2.98. The van der Waals surface area contributed by atoms with Gasteiger partial charge in [0.05, 0.1) is 41.6 Å². The molecule has 1 aliphatic heterocycles. The van der Waals surface area contributed by atoms with Gasteiger partial charge < -0.3 is 15.4 Å². The predicted molar refractivity (Wildman–Crippen MR) is 110 cm³/mol. The van der Waals surface area contributed by atoms with Crippen LogP contribution in [0.15, 0.2) is 24.3 Å². The van der Waals surface area contributed by atoms with Crippen LogP contribution in [0.4, 0.5) is 19.0 Å². The molecule has 3 aromatic rings. The number of nitrogen functional groups attached to an aromatic ring is 1. The van der Waals surface area contributed by atoms with Gasteiger partial charge in [-0.05, 0) is 42.7 Å². The number of nitrogens with two attached hydrogens (primary N) is 1.